The van der Waals surface area contributed by atoms with Crippen LogP contribution in [0.3, 0.4) is 0 Å². The first-order valence-electron chi connectivity index (χ1n) is 15.0. The van der Waals surface area contributed by atoms with Gasteiger partial charge < -0.3 is 15.1 Å². The average Bonchev–Trinajstić information content (AvgIpc) is 3.00. The number of benzene rings is 2. The van der Waals surface area contributed by atoms with Gasteiger partial charge in [-0.3, -0.25) is 9.59 Å². The van der Waals surface area contributed by atoms with Crippen LogP contribution in [0.15, 0.2) is 71.9 Å². The second-order valence-corrected chi connectivity index (χ2v) is 12.2. The van der Waals surface area contributed by atoms with E-state index < -0.39 is 0 Å². The van der Waals surface area contributed by atoms with Crippen molar-refractivity contribution in [3.8, 4) is 0 Å². The summed E-state index contributed by atoms with van der Waals surface area (Å²) in [6.45, 7) is 6.30. The lowest BCUT2D eigenvalue weighted by molar-refractivity contribution is -0.133. The Morgan fingerprint density at radius 3 is 2.43 bits per heavy atom. The van der Waals surface area contributed by atoms with Gasteiger partial charge in [0.2, 0.25) is 11.8 Å². The number of carbonyl (C=O) groups is 2. The molecule has 2 heterocycles. The van der Waals surface area contributed by atoms with E-state index in [2.05, 4.69) is 41.2 Å². The van der Waals surface area contributed by atoms with Crippen LogP contribution in [0, 0.1) is 0 Å². The molecule has 1 aromatic heterocycles. The van der Waals surface area contributed by atoms with Crippen molar-refractivity contribution in [2.45, 2.75) is 76.0 Å². The molecule has 1 aliphatic rings. The summed E-state index contributed by atoms with van der Waals surface area (Å²) in [5, 5.41) is 4.00. The molecule has 7 nitrogen and oxygen atoms in total. The fourth-order valence-electron chi connectivity index (χ4n) is 5.33. The second kappa shape index (κ2) is 16.5. The van der Waals surface area contributed by atoms with Crippen LogP contribution in [-0.2, 0) is 16.0 Å². The Labute approximate surface area is 259 Å². The van der Waals surface area contributed by atoms with Gasteiger partial charge in [-0.15, -0.1) is 0 Å². The van der Waals surface area contributed by atoms with Crippen LogP contribution in [-0.4, -0.2) is 58.1 Å². The van der Waals surface area contributed by atoms with E-state index in [4.69, 9.17) is 16.6 Å². The molecule has 0 bridgehead atoms. The Morgan fingerprint density at radius 2 is 1.71 bits per heavy atom. The first-order chi connectivity index (χ1) is 20.4. The maximum Gasteiger partial charge on any atom is 0.230 e. The lowest BCUT2D eigenvalue weighted by atomic mass is 9.99. The summed E-state index contributed by atoms with van der Waals surface area (Å²) < 4.78 is 0. The number of hydrogen-bond donors (Lipinski definition) is 1. The van der Waals surface area contributed by atoms with Crippen LogP contribution in [0.25, 0.3) is 0 Å². The third kappa shape index (κ3) is 9.73. The largest absolute Gasteiger partial charge is 0.353 e. The van der Waals surface area contributed by atoms with Crippen molar-refractivity contribution in [3.63, 3.8) is 0 Å². The van der Waals surface area contributed by atoms with Crippen molar-refractivity contribution in [1.82, 2.24) is 20.2 Å². The molecule has 2 unspecified atom stereocenters. The van der Waals surface area contributed by atoms with Gasteiger partial charge in [-0.2, -0.15) is 0 Å². The summed E-state index contributed by atoms with van der Waals surface area (Å²) in [6.07, 6.45) is 7.03. The normalized spacial score (nSPS) is 15.8. The van der Waals surface area contributed by atoms with E-state index >= 15 is 0 Å². The number of anilines is 1. The molecule has 1 saturated heterocycles. The molecule has 0 radical (unpaired) electrons. The van der Waals surface area contributed by atoms with Gasteiger partial charge in [-0.1, -0.05) is 117 Å². The van der Waals surface area contributed by atoms with Crippen molar-refractivity contribution in [2.75, 3.05) is 30.3 Å². The lowest BCUT2D eigenvalue weighted by Gasteiger charge is -2.40. The number of thioether (sulfide) groups is 1. The lowest BCUT2D eigenvalue weighted by Crippen LogP contribution is -2.54. The minimum atomic E-state index is -0.144. The van der Waals surface area contributed by atoms with Gasteiger partial charge in [0, 0.05) is 38.2 Å². The number of piperazine rings is 1. The molecule has 1 fully saturated rings. The number of nitrogens with one attached hydrogen (secondary N) is 1. The van der Waals surface area contributed by atoms with Gasteiger partial charge in [-0.25, -0.2) is 9.97 Å². The number of amides is 2. The molecule has 2 atom stereocenters. The van der Waals surface area contributed by atoms with Crippen molar-refractivity contribution in [1.29, 1.82) is 0 Å². The fourth-order valence-corrected chi connectivity index (χ4v) is 6.22. The zero-order chi connectivity index (χ0) is 29.7. The topological polar surface area (TPSA) is 78.4 Å². The Kier molecular flexibility index (Phi) is 12.5. The molecule has 1 aliphatic heterocycles. The fraction of sp³-hybridized carbons (Fsp3) is 0.455. The highest BCUT2D eigenvalue weighted by molar-refractivity contribution is 7.99. The molecular weight excluding hydrogens is 566 g/mol. The summed E-state index contributed by atoms with van der Waals surface area (Å²) in [5.74, 6) is 1.05. The van der Waals surface area contributed by atoms with Gasteiger partial charge in [0.1, 0.15) is 11.0 Å². The smallest absolute Gasteiger partial charge is 0.230 e. The van der Waals surface area contributed by atoms with E-state index in [1.54, 1.807) is 6.07 Å². The van der Waals surface area contributed by atoms with E-state index in [9.17, 15) is 9.59 Å². The second-order valence-electron chi connectivity index (χ2n) is 10.9. The van der Waals surface area contributed by atoms with Gasteiger partial charge in [0.15, 0.2) is 5.16 Å². The highest BCUT2D eigenvalue weighted by atomic mass is 35.5. The summed E-state index contributed by atoms with van der Waals surface area (Å²) in [6, 6.07) is 21.9. The molecule has 0 aliphatic carbocycles. The number of carbonyl (C=O) groups excluding carboxylic acids is 2. The maximum atomic E-state index is 13.1. The molecule has 3 aromatic rings. The van der Waals surface area contributed by atoms with E-state index in [-0.39, 0.29) is 29.7 Å². The summed E-state index contributed by atoms with van der Waals surface area (Å²) in [5.41, 5.74) is 2.22. The third-order valence-electron chi connectivity index (χ3n) is 7.58. The Bertz CT molecular complexity index is 1280. The standard InChI is InChI=1S/C33H42ClN5O2S/c1-3-4-5-6-13-18-32(41)39-20-19-38(23-25(39)2)30-22-29(34)36-33(37-30)42-24-31(40)35-28(27-16-11-8-12-17-27)21-26-14-9-7-10-15-26/h7-12,14-17,22,25,28H,3-6,13,18-21,23-24H2,1-2H3,(H,35,40). The van der Waals surface area contributed by atoms with Gasteiger partial charge in [-0.05, 0) is 30.9 Å². The zero-order valence-electron chi connectivity index (χ0n) is 24.7. The quantitative estimate of drug-likeness (QED) is 0.0949. The Morgan fingerprint density at radius 1 is 1.00 bits per heavy atom. The zero-order valence-corrected chi connectivity index (χ0v) is 26.2. The number of hydrogen-bond acceptors (Lipinski definition) is 6. The minimum absolute atomic E-state index is 0.0806. The molecule has 2 amide bonds. The predicted molar refractivity (Wildman–Crippen MR) is 172 cm³/mol. The first kappa shape index (κ1) is 31.8. The maximum absolute atomic E-state index is 13.1. The van der Waals surface area contributed by atoms with Crippen LogP contribution in [0.2, 0.25) is 5.15 Å². The first-order valence-corrected chi connectivity index (χ1v) is 16.4. The number of nitrogens with zero attached hydrogens (tertiary/aromatic N) is 4. The Hall–Kier alpha value is -3.10. The average molecular weight is 608 g/mol. The Balaban J connectivity index is 1.32. The van der Waals surface area contributed by atoms with E-state index in [0.29, 0.717) is 42.8 Å². The van der Waals surface area contributed by atoms with E-state index in [0.717, 1.165) is 29.8 Å². The number of unbranched alkanes of at least 4 members (excludes halogenated alkanes) is 4. The predicted octanol–water partition coefficient (Wildman–Crippen LogP) is 6.72. The number of aromatic nitrogens is 2. The van der Waals surface area contributed by atoms with Crippen molar-refractivity contribution in [3.05, 3.63) is 83.0 Å². The summed E-state index contributed by atoms with van der Waals surface area (Å²) in [4.78, 5) is 39.1. The SMILES string of the molecule is CCCCCCCC(=O)N1CCN(c2cc(Cl)nc(SCC(=O)NC(Cc3ccccc3)c3ccccc3)n2)CC1C. The molecule has 42 heavy (non-hydrogen) atoms. The molecule has 0 spiro atoms. The van der Waals surface area contributed by atoms with Crippen LogP contribution >= 0.6 is 23.4 Å². The molecule has 0 saturated carbocycles. The van der Waals surface area contributed by atoms with Crippen LogP contribution < -0.4 is 10.2 Å². The van der Waals surface area contributed by atoms with Crippen molar-refractivity contribution < 1.29 is 9.59 Å². The molecule has 2 aromatic carbocycles. The molecule has 224 valence electrons. The molecule has 4 rings (SSSR count). The highest BCUT2D eigenvalue weighted by Gasteiger charge is 2.28. The van der Waals surface area contributed by atoms with Gasteiger partial charge >= 0.3 is 0 Å². The van der Waals surface area contributed by atoms with Crippen LogP contribution in [0.1, 0.15) is 69.5 Å². The molecule has 1 N–H and O–H groups in total. The van der Waals surface area contributed by atoms with E-state index in [1.165, 1.54) is 31.0 Å². The van der Waals surface area contributed by atoms with Gasteiger partial charge in [0.25, 0.3) is 0 Å². The highest BCUT2D eigenvalue weighted by Crippen LogP contribution is 2.25. The summed E-state index contributed by atoms with van der Waals surface area (Å²) in [7, 11) is 0. The molecular formula is C33H42ClN5O2S. The number of rotatable bonds is 14. The monoisotopic (exact) mass is 607 g/mol. The molecule has 9 heteroatoms. The minimum Gasteiger partial charge on any atom is -0.353 e. The van der Waals surface area contributed by atoms with Gasteiger partial charge in [0.05, 0.1) is 11.8 Å². The van der Waals surface area contributed by atoms with Crippen molar-refractivity contribution in [2.24, 2.45) is 0 Å². The van der Waals surface area contributed by atoms with Crippen LogP contribution in [0.5, 0.6) is 0 Å². The van der Waals surface area contributed by atoms with E-state index in [1.807, 2.05) is 53.4 Å². The van der Waals surface area contributed by atoms with Crippen molar-refractivity contribution >= 4 is 41.0 Å². The third-order valence-corrected chi connectivity index (χ3v) is 8.62. The van der Waals surface area contributed by atoms with Crippen LogP contribution in [0.4, 0.5) is 5.82 Å². The summed E-state index contributed by atoms with van der Waals surface area (Å²) >= 11 is 7.67. The number of halogens is 1.